The summed E-state index contributed by atoms with van der Waals surface area (Å²) in [4.78, 5) is 26.8. The minimum absolute atomic E-state index is 0.235. The molecule has 5 N–H and O–H groups in total. The van der Waals surface area contributed by atoms with E-state index in [9.17, 15) is 4.79 Å². The van der Waals surface area contributed by atoms with E-state index in [4.69, 9.17) is 11.5 Å². The number of amides is 1. The zero-order chi connectivity index (χ0) is 13.5. The van der Waals surface area contributed by atoms with Crippen molar-refractivity contribution in [3.63, 3.8) is 0 Å². The highest BCUT2D eigenvalue weighted by molar-refractivity contribution is 8.00. The fourth-order valence-electron chi connectivity index (χ4n) is 2.34. The number of H-pyrrole nitrogens is 1. The lowest BCUT2D eigenvalue weighted by Gasteiger charge is -2.19. The minimum atomic E-state index is -0.877. The standard InChI is InChI=1S/C11H14N6OS/c12-10(18)11(13)2-1-6(3-11)19-9-7-8(15-4-14-7)16-5-17-9/h4-6H,1-3,13H2,(H2,12,18)(H,14,15,16,17). The molecular weight excluding hydrogens is 264 g/mol. The van der Waals surface area contributed by atoms with Gasteiger partial charge >= 0.3 is 0 Å². The van der Waals surface area contributed by atoms with Gasteiger partial charge in [0.2, 0.25) is 5.91 Å². The number of rotatable bonds is 3. The Kier molecular flexibility index (Phi) is 2.90. The number of nitrogens with one attached hydrogen (secondary N) is 1. The summed E-state index contributed by atoms with van der Waals surface area (Å²) in [7, 11) is 0. The summed E-state index contributed by atoms with van der Waals surface area (Å²) >= 11 is 1.59. The molecule has 100 valence electrons. The molecule has 0 bridgehead atoms. The van der Waals surface area contributed by atoms with Gasteiger partial charge in [-0.2, -0.15) is 0 Å². The molecule has 1 saturated carbocycles. The second-order valence-electron chi connectivity index (χ2n) is 4.78. The van der Waals surface area contributed by atoms with Crippen molar-refractivity contribution >= 4 is 28.8 Å². The van der Waals surface area contributed by atoms with Crippen LogP contribution in [-0.4, -0.2) is 36.6 Å². The van der Waals surface area contributed by atoms with Crippen molar-refractivity contribution in [2.75, 3.05) is 0 Å². The van der Waals surface area contributed by atoms with Gasteiger partial charge in [-0.25, -0.2) is 15.0 Å². The monoisotopic (exact) mass is 278 g/mol. The Morgan fingerprint density at radius 2 is 2.32 bits per heavy atom. The maximum absolute atomic E-state index is 11.3. The van der Waals surface area contributed by atoms with Crippen molar-refractivity contribution in [2.24, 2.45) is 11.5 Å². The number of aromatic amines is 1. The molecule has 2 unspecified atom stereocenters. The lowest BCUT2D eigenvalue weighted by molar-refractivity contribution is -0.122. The highest BCUT2D eigenvalue weighted by Crippen LogP contribution is 2.39. The zero-order valence-corrected chi connectivity index (χ0v) is 11.0. The second-order valence-corrected chi connectivity index (χ2v) is 6.07. The fourth-order valence-corrected chi connectivity index (χ4v) is 3.65. The Labute approximate surface area is 113 Å². The summed E-state index contributed by atoms with van der Waals surface area (Å²) in [5.41, 5.74) is 11.9. The highest BCUT2D eigenvalue weighted by Gasteiger charge is 2.41. The summed E-state index contributed by atoms with van der Waals surface area (Å²) < 4.78 is 0. The van der Waals surface area contributed by atoms with Crippen LogP contribution in [0.15, 0.2) is 17.7 Å². The van der Waals surface area contributed by atoms with Crippen molar-refractivity contribution in [2.45, 2.75) is 35.1 Å². The van der Waals surface area contributed by atoms with Gasteiger partial charge in [-0.15, -0.1) is 11.8 Å². The molecule has 2 aromatic rings. The molecule has 8 heteroatoms. The molecule has 0 aromatic carbocycles. The molecule has 2 aromatic heterocycles. The van der Waals surface area contributed by atoms with Crippen LogP contribution < -0.4 is 11.5 Å². The number of hydrogen-bond acceptors (Lipinski definition) is 6. The predicted molar refractivity (Wildman–Crippen MR) is 71.3 cm³/mol. The number of imidazole rings is 1. The number of fused-ring (bicyclic) bond motifs is 1. The number of primary amides is 1. The quantitative estimate of drug-likeness (QED) is 0.688. The number of carbonyl (C=O) groups excluding carboxylic acids is 1. The van der Waals surface area contributed by atoms with Crippen LogP contribution in [0.25, 0.3) is 11.2 Å². The van der Waals surface area contributed by atoms with Gasteiger partial charge in [-0.1, -0.05) is 0 Å². The third-order valence-corrected chi connectivity index (χ3v) is 4.73. The van der Waals surface area contributed by atoms with E-state index in [1.807, 2.05) is 0 Å². The fraction of sp³-hybridized carbons (Fsp3) is 0.455. The molecule has 7 nitrogen and oxygen atoms in total. The predicted octanol–water partition coefficient (Wildman–Crippen LogP) is 0.180. The number of nitrogens with two attached hydrogens (primary N) is 2. The lowest BCUT2D eigenvalue weighted by Crippen LogP contribution is -2.50. The van der Waals surface area contributed by atoms with Gasteiger partial charge in [0.05, 0.1) is 11.9 Å². The van der Waals surface area contributed by atoms with Crippen LogP contribution in [0.4, 0.5) is 0 Å². The van der Waals surface area contributed by atoms with Crippen LogP contribution in [0.5, 0.6) is 0 Å². The van der Waals surface area contributed by atoms with Gasteiger partial charge in [0.1, 0.15) is 16.9 Å². The first kappa shape index (κ1) is 12.4. The summed E-state index contributed by atoms with van der Waals surface area (Å²) in [6.45, 7) is 0. The first-order chi connectivity index (χ1) is 9.08. The topological polar surface area (TPSA) is 124 Å². The van der Waals surface area contributed by atoms with Gasteiger partial charge in [0.15, 0.2) is 5.65 Å². The van der Waals surface area contributed by atoms with Crippen LogP contribution in [0, 0.1) is 0 Å². The summed E-state index contributed by atoms with van der Waals surface area (Å²) in [5, 5.41) is 1.07. The van der Waals surface area contributed by atoms with Gasteiger partial charge in [-0.3, -0.25) is 4.79 Å². The number of aromatic nitrogens is 4. The van der Waals surface area contributed by atoms with Gasteiger partial charge in [0.25, 0.3) is 0 Å². The van der Waals surface area contributed by atoms with E-state index in [0.29, 0.717) is 18.5 Å². The van der Waals surface area contributed by atoms with E-state index in [-0.39, 0.29) is 5.25 Å². The second kappa shape index (κ2) is 4.46. The Morgan fingerprint density at radius 1 is 1.47 bits per heavy atom. The molecule has 0 saturated heterocycles. The smallest absolute Gasteiger partial charge is 0.237 e. The van der Waals surface area contributed by atoms with Crippen molar-refractivity contribution in [1.82, 2.24) is 19.9 Å². The average Bonchev–Trinajstić information content (AvgIpc) is 2.97. The van der Waals surface area contributed by atoms with Crippen molar-refractivity contribution in [1.29, 1.82) is 0 Å². The first-order valence-electron chi connectivity index (χ1n) is 5.98. The molecule has 3 rings (SSSR count). The Bertz CT molecular complexity index is 628. The van der Waals surface area contributed by atoms with Crippen LogP contribution in [0.1, 0.15) is 19.3 Å². The third kappa shape index (κ3) is 2.17. The molecule has 1 fully saturated rings. The third-order valence-electron chi connectivity index (χ3n) is 3.46. The SMILES string of the molecule is NC(=O)C1(N)CCC(Sc2ncnc3nc[nH]c23)C1. The van der Waals surface area contributed by atoms with Crippen LogP contribution >= 0.6 is 11.8 Å². The van der Waals surface area contributed by atoms with E-state index in [1.165, 1.54) is 6.33 Å². The molecular formula is C11H14N6OS. The van der Waals surface area contributed by atoms with E-state index in [0.717, 1.165) is 17.0 Å². The molecule has 0 radical (unpaired) electrons. The maximum Gasteiger partial charge on any atom is 0.237 e. The molecule has 0 spiro atoms. The normalized spacial score (nSPS) is 26.9. The van der Waals surface area contributed by atoms with Gasteiger partial charge < -0.3 is 16.5 Å². The van der Waals surface area contributed by atoms with E-state index < -0.39 is 11.4 Å². The molecule has 19 heavy (non-hydrogen) atoms. The van der Waals surface area contributed by atoms with Crippen molar-refractivity contribution in [3.05, 3.63) is 12.7 Å². The van der Waals surface area contributed by atoms with E-state index >= 15 is 0 Å². The Morgan fingerprint density at radius 3 is 3.05 bits per heavy atom. The minimum Gasteiger partial charge on any atom is -0.368 e. The summed E-state index contributed by atoms with van der Waals surface area (Å²) in [5.74, 6) is -0.426. The zero-order valence-electron chi connectivity index (χ0n) is 10.2. The Hall–Kier alpha value is -1.67. The molecule has 2 atom stereocenters. The van der Waals surface area contributed by atoms with Crippen molar-refractivity contribution in [3.8, 4) is 0 Å². The first-order valence-corrected chi connectivity index (χ1v) is 6.86. The molecule has 2 heterocycles. The summed E-state index contributed by atoms with van der Waals surface area (Å²) in [6.07, 6.45) is 5.13. The molecule has 1 aliphatic carbocycles. The lowest BCUT2D eigenvalue weighted by atomic mass is 9.99. The number of hydrogen-bond donors (Lipinski definition) is 3. The largest absolute Gasteiger partial charge is 0.368 e. The molecule has 1 amide bonds. The number of thioether (sulfide) groups is 1. The Balaban J connectivity index is 1.80. The number of carbonyl (C=O) groups is 1. The average molecular weight is 278 g/mol. The van der Waals surface area contributed by atoms with Crippen LogP contribution in [0.3, 0.4) is 0 Å². The summed E-state index contributed by atoms with van der Waals surface area (Å²) in [6, 6.07) is 0. The molecule has 0 aliphatic heterocycles. The number of nitrogens with zero attached hydrogens (tertiary/aromatic N) is 3. The van der Waals surface area contributed by atoms with E-state index in [2.05, 4.69) is 19.9 Å². The van der Waals surface area contributed by atoms with Gasteiger partial charge in [-0.05, 0) is 19.3 Å². The van der Waals surface area contributed by atoms with Crippen LogP contribution in [-0.2, 0) is 4.79 Å². The highest BCUT2D eigenvalue weighted by atomic mass is 32.2. The van der Waals surface area contributed by atoms with Crippen molar-refractivity contribution < 1.29 is 4.79 Å². The van der Waals surface area contributed by atoms with Crippen LogP contribution in [0.2, 0.25) is 0 Å². The van der Waals surface area contributed by atoms with E-state index in [1.54, 1.807) is 18.1 Å². The maximum atomic E-state index is 11.3. The molecule has 1 aliphatic rings. The van der Waals surface area contributed by atoms with Gasteiger partial charge in [0, 0.05) is 5.25 Å².